The van der Waals surface area contributed by atoms with E-state index in [9.17, 15) is 4.79 Å². The van der Waals surface area contributed by atoms with Crippen LogP contribution in [0.25, 0.3) is 10.2 Å². The molecule has 1 aromatic heterocycles. The van der Waals surface area contributed by atoms with Crippen LogP contribution in [-0.2, 0) is 4.79 Å². The first kappa shape index (κ1) is 16.5. The number of aromatic nitrogens is 1. The van der Waals surface area contributed by atoms with Crippen molar-refractivity contribution < 1.29 is 4.79 Å². The summed E-state index contributed by atoms with van der Waals surface area (Å²) in [4.78, 5) is 18.9. The van der Waals surface area contributed by atoms with Gasteiger partial charge in [-0.15, -0.1) is 0 Å². The van der Waals surface area contributed by atoms with Crippen molar-refractivity contribution >= 4 is 38.3 Å². The number of benzene rings is 2. The monoisotopic (exact) mass is 339 g/mol. The van der Waals surface area contributed by atoms with Crippen molar-refractivity contribution in [3.8, 4) is 0 Å². The molecule has 0 aliphatic rings. The number of aryl methyl sites for hydroxylation is 3. The minimum Gasteiger partial charge on any atom is -0.342 e. The summed E-state index contributed by atoms with van der Waals surface area (Å²) < 4.78 is 1.13. The highest BCUT2D eigenvalue weighted by Gasteiger charge is 2.14. The highest BCUT2D eigenvalue weighted by atomic mass is 32.1. The number of fused-ring (bicyclic) bond motifs is 1. The number of hydrogen-bond acceptors (Lipinski definition) is 4. The van der Waals surface area contributed by atoms with Crippen LogP contribution in [0.1, 0.15) is 16.7 Å². The molecule has 2 aromatic carbocycles. The Kier molecular flexibility index (Phi) is 4.53. The number of amides is 1. The lowest BCUT2D eigenvalue weighted by Gasteiger charge is -2.17. The van der Waals surface area contributed by atoms with Crippen molar-refractivity contribution in [3.63, 3.8) is 0 Å². The lowest BCUT2D eigenvalue weighted by Crippen LogP contribution is -2.30. The van der Waals surface area contributed by atoms with Gasteiger partial charge >= 0.3 is 0 Å². The van der Waals surface area contributed by atoms with E-state index in [1.54, 1.807) is 11.3 Å². The Bertz CT molecular complexity index is 845. The maximum absolute atomic E-state index is 12.4. The highest BCUT2D eigenvalue weighted by molar-refractivity contribution is 7.22. The molecular formula is C19H21N3OS. The van der Waals surface area contributed by atoms with Crippen molar-refractivity contribution in [3.05, 3.63) is 53.1 Å². The fourth-order valence-corrected chi connectivity index (χ4v) is 3.79. The Morgan fingerprint density at radius 3 is 2.50 bits per heavy atom. The van der Waals surface area contributed by atoms with Gasteiger partial charge in [0.15, 0.2) is 5.13 Å². The maximum atomic E-state index is 12.4. The standard InChI is InChI=1S/C19H21N3OS/c1-12-9-13(2)18(14(3)10-12)21-17(23)11-22(4)19-20-15-7-5-6-8-16(15)24-19/h5-10H,11H2,1-4H3,(H,21,23). The van der Waals surface area contributed by atoms with Gasteiger partial charge in [0.2, 0.25) is 5.91 Å². The maximum Gasteiger partial charge on any atom is 0.243 e. The molecule has 0 fully saturated rings. The molecular weight excluding hydrogens is 318 g/mol. The Hall–Kier alpha value is -2.40. The van der Waals surface area contributed by atoms with E-state index in [-0.39, 0.29) is 12.5 Å². The van der Waals surface area contributed by atoms with Gasteiger partial charge < -0.3 is 10.2 Å². The lowest BCUT2D eigenvalue weighted by molar-refractivity contribution is -0.114. The Morgan fingerprint density at radius 1 is 1.17 bits per heavy atom. The highest BCUT2D eigenvalue weighted by Crippen LogP contribution is 2.28. The van der Waals surface area contributed by atoms with E-state index in [0.717, 1.165) is 32.2 Å². The van der Waals surface area contributed by atoms with Crippen LogP contribution in [0.15, 0.2) is 36.4 Å². The van der Waals surface area contributed by atoms with Gasteiger partial charge in [-0.3, -0.25) is 4.79 Å². The van der Waals surface area contributed by atoms with Gasteiger partial charge in [0.05, 0.1) is 16.8 Å². The summed E-state index contributed by atoms with van der Waals surface area (Å²) >= 11 is 1.60. The molecule has 0 aliphatic carbocycles. The Morgan fingerprint density at radius 2 is 1.83 bits per heavy atom. The van der Waals surface area contributed by atoms with E-state index in [2.05, 4.69) is 29.4 Å². The van der Waals surface area contributed by atoms with Crippen LogP contribution >= 0.6 is 11.3 Å². The van der Waals surface area contributed by atoms with E-state index in [1.807, 2.05) is 50.1 Å². The van der Waals surface area contributed by atoms with Gasteiger partial charge in [-0.2, -0.15) is 0 Å². The molecule has 4 nitrogen and oxygen atoms in total. The van der Waals surface area contributed by atoms with Crippen LogP contribution in [-0.4, -0.2) is 24.5 Å². The third-order valence-corrected chi connectivity index (χ3v) is 5.08. The number of thiazole rings is 1. The van der Waals surface area contributed by atoms with Crippen LogP contribution < -0.4 is 10.2 Å². The average Bonchev–Trinajstić information content (AvgIpc) is 2.95. The van der Waals surface area contributed by atoms with Crippen molar-refractivity contribution in [1.82, 2.24) is 4.98 Å². The minimum absolute atomic E-state index is 0.0354. The molecule has 124 valence electrons. The van der Waals surface area contributed by atoms with E-state index >= 15 is 0 Å². The molecule has 0 aliphatic heterocycles. The van der Waals surface area contributed by atoms with Crippen molar-refractivity contribution in [2.24, 2.45) is 0 Å². The second kappa shape index (κ2) is 6.61. The number of anilines is 2. The summed E-state index contributed by atoms with van der Waals surface area (Å²) in [5.41, 5.74) is 5.25. The fraction of sp³-hybridized carbons (Fsp3) is 0.263. The molecule has 3 rings (SSSR count). The normalized spacial score (nSPS) is 10.8. The number of para-hydroxylation sites is 1. The van der Waals surface area contributed by atoms with E-state index in [1.165, 1.54) is 5.56 Å². The first-order valence-corrected chi connectivity index (χ1v) is 8.70. The first-order valence-electron chi connectivity index (χ1n) is 7.88. The third-order valence-electron chi connectivity index (χ3n) is 3.93. The fourth-order valence-electron chi connectivity index (χ4n) is 2.86. The smallest absolute Gasteiger partial charge is 0.243 e. The van der Waals surface area contributed by atoms with Crippen molar-refractivity contribution in [2.75, 3.05) is 23.8 Å². The third kappa shape index (κ3) is 3.41. The number of carbonyl (C=O) groups excluding carboxylic acids is 1. The second-order valence-electron chi connectivity index (χ2n) is 6.14. The molecule has 24 heavy (non-hydrogen) atoms. The zero-order valence-corrected chi connectivity index (χ0v) is 15.2. The summed E-state index contributed by atoms with van der Waals surface area (Å²) in [6.45, 7) is 6.37. The van der Waals surface area contributed by atoms with Crippen molar-refractivity contribution in [1.29, 1.82) is 0 Å². The Balaban J connectivity index is 1.72. The number of nitrogens with one attached hydrogen (secondary N) is 1. The molecule has 1 heterocycles. The number of rotatable bonds is 4. The van der Waals surface area contributed by atoms with Gasteiger partial charge in [-0.25, -0.2) is 4.98 Å². The summed E-state index contributed by atoms with van der Waals surface area (Å²) in [6, 6.07) is 12.2. The van der Waals surface area contributed by atoms with E-state index < -0.39 is 0 Å². The quantitative estimate of drug-likeness (QED) is 0.771. The number of carbonyl (C=O) groups is 1. The first-order chi connectivity index (χ1) is 11.4. The average molecular weight is 339 g/mol. The van der Waals surface area contributed by atoms with Crippen LogP contribution in [0.4, 0.5) is 10.8 Å². The van der Waals surface area contributed by atoms with Gasteiger partial charge in [-0.1, -0.05) is 41.2 Å². The lowest BCUT2D eigenvalue weighted by atomic mass is 10.1. The molecule has 1 N–H and O–H groups in total. The topological polar surface area (TPSA) is 45.2 Å². The van der Waals surface area contributed by atoms with Crippen LogP contribution in [0.5, 0.6) is 0 Å². The molecule has 0 atom stereocenters. The molecule has 0 bridgehead atoms. The minimum atomic E-state index is -0.0354. The summed E-state index contributed by atoms with van der Waals surface area (Å²) in [5, 5.41) is 3.89. The molecule has 0 saturated carbocycles. The largest absolute Gasteiger partial charge is 0.342 e. The van der Waals surface area contributed by atoms with Crippen LogP contribution in [0.2, 0.25) is 0 Å². The summed E-state index contributed by atoms with van der Waals surface area (Å²) in [5.74, 6) is -0.0354. The molecule has 3 aromatic rings. The van der Waals surface area contributed by atoms with Gasteiger partial charge in [0.25, 0.3) is 0 Å². The molecule has 0 spiro atoms. The van der Waals surface area contributed by atoms with Crippen LogP contribution in [0.3, 0.4) is 0 Å². The zero-order chi connectivity index (χ0) is 17.3. The molecule has 0 saturated heterocycles. The predicted octanol–water partition coefficient (Wildman–Crippen LogP) is 4.30. The number of likely N-dealkylation sites (N-methyl/N-ethyl adjacent to an activating group) is 1. The second-order valence-corrected chi connectivity index (χ2v) is 7.15. The zero-order valence-electron chi connectivity index (χ0n) is 14.4. The summed E-state index contributed by atoms with van der Waals surface area (Å²) in [6.07, 6.45) is 0. The number of nitrogens with zero attached hydrogens (tertiary/aromatic N) is 2. The summed E-state index contributed by atoms with van der Waals surface area (Å²) in [7, 11) is 1.89. The molecule has 0 unspecified atom stereocenters. The Labute approximate surface area is 146 Å². The SMILES string of the molecule is Cc1cc(C)c(NC(=O)CN(C)c2nc3ccccc3s2)c(C)c1. The van der Waals surface area contributed by atoms with Gasteiger partial charge in [0.1, 0.15) is 0 Å². The van der Waals surface area contributed by atoms with E-state index in [0.29, 0.717) is 0 Å². The molecule has 5 heteroatoms. The number of hydrogen-bond donors (Lipinski definition) is 1. The van der Waals surface area contributed by atoms with E-state index in [4.69, 9.17) is 0 Å². The van der Waals surface area contributed by atoms with Crippen molar-refractivity contribution in [2.45, 2.75) is 20.8 Å². The van der Waals surface area contributed by atoms with Crippen LogP contribution in [0, 0.1) is 20.8 Å². The van der Waals surface area contributed by atoms with Gasteiger partial charge in [-0.05, 0) is 44.0 Å². The van der Waals surface area contributed by atoms with Gasteiger partial charge in [0, 0.05) is 12.7 Å². The predicted molar refractivity (Wildman–Crippen MR) is 102 cm³/mol. The molecule has 1 amide bonds. The molecule has 0 radical (unpaired) electrons.